The Morgan fingerprint density at radius 3 is 2.86 bits per heavy atom. The number of anilines is 2. The maximum absolute atomic E-state index is 11.2. The summed E-state index contributed by atoms with van der Waals surface area (Å²) in [5.41, 5.74) is 8.03. The summed E-state index contributed by atoms with van der Waals surface area (Å²) in [6.07, 6.45) is 0. The number of benzene rings is 2. The minimum absolute atomic E-state index is 0.131. The van der Waals surface area contributed by atoms with Crippen molar-refractivity contribution in [3.05, 3.63) is 53.6 Å². The maximum Gasteiger partial charge on any atom is 0.337 e. The van der Waals surface area contributed by atoms with Gasteiger partial charge in [0, 0.05) is 23.5 Å². The van der Waals surface area contributed by atoms with Gasteiger partial charge in [-0.15, -0.1) is 0 Å². The Morgan fingerprint density at radius 2 is 2.05 bits per heavy atom. The summed E-state index contributed by atoms with van der Waals surface area (Å²) in [5, 5.41) is 9.18. The van der Waals surface area contributed by atoms with Crippen LogP contribution in [0, 0.1) is 0 Å². The van der Waals surface area contributed by atoms with Crippen LogP contribution in [0.15, 0.2) is 42.5 Å². The summed E-state index contributed by atoms with van der Waals surface area (Å²) >= 11 is 0. The highest BCUT2D eigenvalue weighted by molar-refractivity contribution is 5.94. The molecule has 0 radical (unpaired) electrons. The van der Waals surface area contributed by atoms with Gasteiger partial charge in [0.1, 0.15) is 12.4 Å². The lowest BCUT2D eigenvalue weighted by Crippen LogP contribution is -2.25. The highest BCUT2D eigenvalue weighted by Crippen LogP contribution is 2.28. The number of rotatable bonds is 2. The summed E-state index contributed by atoms with van der Waals surface area (Å²) in [6.45, 7) is 1.93. The largest absolute Gasteiger partial charge is 0.491 e. The van der Waals surface area contributed by atoms with Gasteiger partial charge in [0.25, 0.3) is 0 Å². The Morgan fingerprint density at radius 1 is 1.24 bits per heavy atom. The third-order valence-corrected chi connectivity index (χ3v) is 3.59. The summed E-state index contributed by atoms with van der Waals surface area (Å²) in [6, 6.07) is 13.0. The molecular formula is C16H16N2O3. The van der Waals surface area contributed by atoms with E-state index in [9.17, 15) is 9.90 Å². The first-order chi connectivity index (χ1) is 10.1. The lowest BCUT2D eigenvalue weighted by molar-refractivity contribution is 0.0698. The molecule has 1 heterocycles. The average Bonchev–Trinajstić information content (AvgIpc) is 2.69. The van der Waals surface area contributed by atoms with Gasteiger partial charge in [-0.3, -0.25) is 0 Å². The molecule has 0 saturated heterocycles. The molecule has 0 unspecified atom stereocenters. The monoisotopic (exact) mass is 284 g/mol. The molecule has 0 bridgehead atoms. The fraction of sp³-hybridized carbons (Fsp3) is 0.188. The zero-order chi connectivity index (χ0) is 14.8. The fourth-order valence-electron chi connectivity index (χ4n) is 2.47. The number of aromatic carboxylic acids is 1. The Labute approximate surface area is 122 Å². The van der Waals surface area contributed by atoms with Crippen molar-refractivity contribution in [1.82, 2.24) is 0 Å². The van der Waals surface area contributed by atoms with Gasteiger partial charge in [-0.05, 0) is 24.3 Å². The van der Waals surface area contributed by atoms with Crippen LogP contribution in [0.1, 0.15) is 15.9 Å². The molecule has 3 rings (SSSR count). The maximum atomic E-state index is 11.2. The van der Waals surface area contributed by atoms with E-state index < -0.39 is 5.97 Å². The molecule has 3 N–H and O–H groups in total. The van der Waals surface area contributed by atoms with Gasteiger partial charge in [0.15, 0.2) is 0 Å². The number of fused-ring (bicyclic) bond motifs is 1. The van der Waals surface area contributed by atoms with Crippen LogP contribution in [0.5, 0.6) is 5.75 Å². The molecule has 0 atom stereocenters. The zero-order valence-corrected chi connectivity index (χ0v) is 11.5. The molecule has 0 aromatic heterocycles. The van der Waals surface area contributed by atoms with Gasteiger partial charge in [-0.25, -0.2) is 4.79 Å². The smallest absolute Gasteiger partial charge is 0.337 e. The van der Waals surface area contributed by atoms with Crippen molar-refractivity contribution >= 4 is 17.3 Å². The zero-order valence-electron chi connectivity index (χ0n) is 11.5. The number of para-hydroxylation sites is 1. The van der Waals surface area contributed by atoms with Gasteiger partial charge in [0.05, 0.1) is 12.1 Å². The number of hydrogen-bond donors (Lipinski definition) is 2. The number of hydrogen-bond acceptors (Lipinski definition) is 4. The van der Waals surface area contributed by atoms with Crippen LogP contribution in [-0.4, -0.2) is 24.2 Å². The van der Waals surface area contributed by atoms with Crippen molar-refractivity contribution in [2.75, 3.05) is 23.8 Å². The molecule has 5 heteroatoms. The quantitative estimate of drug-likeness (QED) is 0.828. The molecule has 108 valence electrons. The van der Waals surface area contributed by atoms with Gasteiger partial charge in [0.2, 0.25) is 0 Å². The van der Waals surface area contributed by atoms with E-state index in [4.69, 9.17) is 10.5 Å². The number of ether oxygens (including phenoxy) is 1. The molecule has 1 aliphatic heterocycles. The predicted octanol–water partition coefficient (Wildman–Crippen LogP) is 2.37. The standard InChI is InChI=1S/C16H16N2O3/c17-14-6-5-12(9-13(14)16(19)20)18-7-8-21-15-4-2-1-3-11(15)10-18/h1-6,9H,7-8,10,17H2,(H,19,20). The van der Waals surface area contributed by atoms with E-state index in [0.717, 1.165) is 17.0 Å². The minimum atomic E-state index is -1.01. The van der Waals surface area contributed by atoms with E-state index in [2.05, 4.69) is 4.90 Å². The van der Waals surface area contributed by atoms with Crippen LogP contribution < -0.4 is 15.4 Å². The molecule has 2 aromatic carbocycles. The van der Waals surface area contributed by atoms with Crippen LogP contribution in [-0.2, 0) is 6.54 Å². The van der Waals surface area contributed by atoms with Gasteiger partial charge in [-0.2, -0.15) is 0 Å². The summed E-state index contributed by atoms with van der Waals surface area (Å²) in [4.78, 5) is 13.3. The third-order valence-electron chi connectivity index (χ3n) is 3.59. The van der Waals surface area contributed by atoms with E-state index in [1.165, 1.54) is 0 Å². The van der Waals surface area contributed by atoms with Crippen molar-refractivity contribution < 1.29 is 14.6 Å². The lowest BCUT2D eigenvalue weighted by atomic mass is 10.1. The second-order valence-electron chi connectivity index (χ2n) is 4.95. The first-order valence-electron chi connectivity index (χ1n) is 6.73. The van der Waals surface area contributed by atoms with Crippen molar-refractivity contribution in [2.24, 2.45) is 0 Å². The second kappa shape index (κ2) is 5.36. The summed E-state index contributed by atoms with van der Waals surface area (Å²) in [7, 11) is 0. The molecule has 21 heavy (non-hydrogen) atoms. The summed E-state index contributed by atoms with van der Waals surface area (Å²) in [5.74, 6) is -0.130. The molecular weight excluding hydrogens is 268 g/mol. The van der Waals surface area contributed by atoms with E-state index >= 15 is 0 Å². The summed E-state index contributed by atoms with van der Waals surface area (Å²) < 4.78 is 5.72. The fourth-order valence-corrected chi connectivity index (χ4v) is 2.47. The van der Waals surface area contributed by atoms with Gasteiger partial charge in [-0.1, -0.05) is 18.2 Å². The number of nitrogens with two attached hydrogens (primary N) is 1. The Kier molecular flexibility index (Phi) is 3.39. The molecule has 5 nitrogen and oxygen atoms in total. The van der Waals surface area contributed by atoms with E-state index in [-0.39, 0.29) is 11.3 Å². The van der Waals surface area contributed by atoms with Gasteiger partial charge >= 0.3 is 5.97 Å². The molecule has 1 aliphatic rings. The van der Waals surface area contributed by atoms with Crippen LogP contribution >= 0.6 is 0 Å². The Hall–Kier alpha value is -2.69. The molecule has 0 saturated carbocycles. The molecule has 0 aliphatic carbocycles. The van der Waals surface area contributed by atoms with Crippen LogP contribution in [0.2, 0.25) is 0 Å². The number of nitrogen functional groups attached to an aromatic ring is 1. The molecule has 0 spiro atoms. The highest BCUT2D eigenvalue weighted by Gasteiger charge is 2.17. The van der Waals surface area contributed by atoms with Crippen molar-refractivity contribution in [1.29, 1.82) is 0 Å². The topological polar surface area (TPSA) is 75.8 Å². The molecule has 2 aromatic rings. The van der Waals surface area contributed by atoms with Crippen LogP contribution in [0.25, 0.3) is 0 Å². The third kappa shape index (κ3) is 2.63. The van der Waals surface area contributed by atoms with Crippen molar-refractivity contribution in [2.45, 2.75) is 6.54 Å². The number of carboxylic acids is 1. The van der Waals surface area contributed by atoms with Crippen molar-refractivity contribution in [3.63, 3.8) is 0 Å². The minimum Gasteiger partial charge on any atom is -0.491 e. The SMILES string of the molecule is Nc1ccc(N2CCOc3ccccc3C2)cc1C(=O)O. The number of nitrogens with zero attached hydrogens (tertiary/aromatic N) is 1. The van der Waals surface area contributed by atoms with Gasteiger partial charge < -0.3 is 20.5 Å². The second-order valence-corrected chi connectivity index (χ2v) is 4.95. The highest BCUT2D eigenvalue weighted by atomic mass is 16.5. The first-order valence-corrected chi connectivity index (χ1v) is 6.73. The Balaban J connectivity index is 1.94. The lowest BCUT2D eigenvalue weighted by Gasteiger charge is -2.22. The Bertz CT molecular complexity index is 685. The number of carbonyl (C=O) groups is 1. The van der Waals surface area contributed by atoms with Crippen LogP contribution in [0.4, 0.5) is 11.4 Å². The van der Waals surface area contributed by atoms with Crippen molar-refractivity contribution in [3.8, 4) is 5.75 Å². The first kappa shape index (κ1) is 13.3. The predicted molar refractivity (Wildman–Crippen MR) is 80.8 cm³/mol. The molecule has 0 fully saturated rings. The van der Waals surface area contributed by atoms with E-state index in [1.54, 1.807) is 12.1 Å². The number of carboxylic acid groups (broad SMARTS) is 1. The van der Waals surface area contributed by atoms with E-state index in [0.29, 0.717) is 19.7 Å². The average molecular weight is 284 g/mol. The molecule has 0 amide bonds. The normalized spacial score (nSPS) is 14.0. The van der Waals surface area contributed by atoms with Crippen LogP contribution in [0.3, 0.4) is 0 Å². The van der Waals surface area contributed by atoms with E-state index in [1.807, 2.05) is 30.3 Å².